The Balaban J connectivity index is 1.40. The monoisotopic (exact) mass is 447 g/mol. The number of ether oxygens (including phenoxy) is 1. The van der Waals surface area contributed by atoms with Crippen LogP contribution in [0.2, 0.25) is 0 Å². The Kier molecular flexibility index (Phi) is 6.21. The van der Waals surface area contributed by atoms with E-state index in [-0.39, 0.29) is 30.6 Å². The fourth-order valence-corrected chi connectivity index (χ4v) is 3.87. The van der Waals surface area contributed by atoms with Crippen LogP contribution in [0.5, 0.6) is 0 Å². The molecule has 9 heteroatoms. The number of rotatable bonds is 8. The highest BCUT2D eigenvalue weighted by molar-refractivity contribution is 5.95. The van der Waals surface area contributed by atoms with Gasteiger partial charge in [0, 0.05) is 18.5 Å². The molecule has 0 unspecified atom stereocenters. The second kappa shape index (κ2) is 9.39. The maximum absolute atomic E-state index is 12.5. The highest BCUT2D eigenvalue weighted by Gasteiger charge is 2.29. The van der Waals surface area contributed by atoms with Gasteiger partial charge in [0.15, 0.2) is 5.69 Å². The van der Waals surface area contributed by atoms with Crippen molar-refractivity contribution in [2.45, 2.75) is 5.92 Å². The summed E-state index contributed by atoms with van der Waals surface area (Å²) >= 11 is 0. The number of hydrogen-bond acceptors (Lipinski definition) is 6. The SMILES string of the molecule is C=CCN(CC(=O)O)C(=O)c1cc(NC(=O)OCC2c3ccccc3-c3ccccc32)on1. The van der Waals surface area contributed by atoms with Gasteiger partial charge >= 0.3 is 12.1 Å². The van der Waals surface area contributed by atoms with Crippen LogP contribution in [0, 0.1) is 0 Å². The summed E-state index contributed by atoms with van der Waals surface area (Å²) in [5.74, 6) is -2.03. The second-order valence-corrected chi connectivity index (χ2v) is 7.40. The number of carboxylic acid groups (broad SMARTS) is 1. The van der Waals surface area contributed by atoms with Crippen molar-refractivity contribution < 1.29 is 28.8 Å². The minimum atomic E-state index is -1.18. The van der Waals surface area contributed by atoms with Crippen LogP contribution >= 0.6 is 0 Å². The number of amides is 2. The molecule has 0 saturated heterocycles. The molecule has 2 aromatic carbocycles. The van der Waals surface area contributed by atoms with E-state index in [4.69, 9.17) is 14.4 Å². The maximum Gasteiger partial charge on any atom is 0.414 e. The third-order valence-corrected chi connectivity index (χ3v) is 5.26. The van der Waals surface area contributed by atoms with Gasteiger partial charge in [0.1, 0.15) is 13.2 Å². The van der Waals surface area contributed by atoms with Crippen molar-refractivity contribution in [1.82, 2.24) is 10.1 Å². The van der Waals surface area contributed by atoms with E-state index in [1.807, 2.05) is 48.5 Å². The Morgan fingerprint density at radius 3 is 2.36 bits per heavy atom. The molecule has 168 valence electrons. The molecule has 2 amide bonds. The van der Waals surface area contributed by atoms with Gasteiger partial charge in [0.25, 0.3) is 5.91 Å². The standard InChI is InChI=1S/C24H21N3O6/c1-2-11-27(13-22(28)29)23(30)20-12-21(33-26-20)25-24(31)32-14-19-17-9-5-3-7-15(17)16-8-4-6-10-18(16)19/h2-10,12,19H,1,11,13-14H2,(H,25,31)(H,28,29). The smallest absolute Gasteiger partial charge is 0.414 e. The molecule has 1 heterocycles. The Labute approximate surface area is 189 Å². The highest BCUT2D eigenvalue weighted by Crippen LogP contribution is 2.44. The number of aliphatic carboxylic acids is 1. The molecule has 0 atom stereocenters. The first-order valence-corrected chi connectivity index (χ1v) is 10.2. The summed E-state index contributed by atoms with van der Waals surface area (Å²) < 4.78 is 10.4. The van der Waals surface area contributed by atoms with E-state index in [9.17, 15) is 14.4 Å². The van der Waals surface area contributed by atoms with E-state index in [1.54, 1.807) is 0 Å². The first-order valence-electron chi connectivity index (χ1n) is 10.2. The van der Waals surface area contributed by atoms with Gasteiger partial charge in [-0.1, -0.05) is 59.8 Å². The zero-order valence-corrected chi connectivity index (χ0v) is 17.6. The molecule has 2 N–H and O–H groups in total. The summed E-state index contributed by atoms with van der Waals surface area (Å²) in [5.41, 5.74) is 4.25. The predicted octanol–water partition coefficient (Wildman–Crippen LogP) is 3.75. The van der Waals surface area contributed by atoms with Gasteiger partial charge in [-0.15, -0.1) is 6.58 Å². The van der Waals surface area contributed by atoms with Gasteiger partial charge in [-0.2, -0.15) is 0 Å². The molecule has 0 aliphatic heterocycles. The van der Waals surface area contributed by atoms with E-state index >= 15 is 0 Å². The topological polar surface area (TPSA) is 122 Å². The number of nitrogens with zero attached hydrogens (tertiary/aromatic N) is 2. The zero-order valence-electron chi connectivity index (χ0n) is 17.6. The number of nitrogens with one attached hydrogen (secondary N) is 1. The van der Waals surface area contributed by atoms with E-state index in [1.165, 1.54) is 12.1 Å². The van der Waals surface area contributed by atoms with Crippen LogP contribution in [-0.2, 0) is 9.53 Å². The molecule has 1 aliphatic carbocycles. The van der Waals surface area contributed by atoms with Crippen molar-refractivity contribution in [2.75, 3.05) is 25.0 Å². The lowest BCUT2D eigenvalue weighted by atomic mass is 9.98. The molecule has 4 rings (SSSR count). The largest absolute Gasteiger partial charge is 0.480 e. The molecular weight excluding hydrogens is 426 g/mol. The fourth-order valence-electron chi connectivity index (χ4n) is 3.87. The lowest BCUT2D eigenvalue weighted by Gasteiger charge is -2.16. The third-order valence-electron chi connectivity index (χ3n) is 5.26. The summed E-state index contributed by atoms with van der Waals surface area (Å²) in [5, 5.41) is 15.0. The van der Waals surface area contributed by atoms with Crippen LogP contribution in [0.25, 0.3) is 11.1 Å². The Morgan fingerprint density at radius 2 is 1.76 bits per heavy atom. The van der Waals surface area contributed by atoms with E-state index in [2.05, 4.69) is 17.1 Å². The fraction of sp³-hybridized carbons (Fsp3) is 0.167. The van der Waals surface area contributed by atoms with E-state index < -0.39 is 24.5 Å². The van der Waals surface area contributed by atoms with E-state index in [0.717, 1.165) is 27.2 Å². The molecule has 0 spiro atoms. The molecule has 1 aliphatic rings. The molecule has 3 aromatic rings. The molecule has 33 heavy (non-hydrogen) atoms. The van der Waals surface area contributed by atoms with Crippen LogP contribution < -0.4 is 5.32 Å². The van der Waals surface area contributed by atoms with Crippen LogP contribution in [-0.4, -0.2) is 52.8 Å². The molecule has 0 saturated carbocycles. The van der Waals surface area contributed by atoms with Gasteiger partial charge in [-0.25, -0.2) is 4.79 Å². The van der Waals surface area contributed by atoms with E-state index in [0.29, 0.717) is 0 Å². The highest BCUT2D eigenvalue weighted by atomic mass is 16.6. The number of hydrogen-bond donors (Lipinski definition) is 2. The van der Waals surface area contributed by atoms with Gasteiger partial charge in [0.2, 0.25) is 5.88 Å². The van der Waals surface area contributed by atoms with Crippen molar-refractivity contribution in [1.29, 1.82) is 0 Å². The van der Waals surface area contributed by atoms with Crippen molar-refractivity contribution in [2.24, 2.45) is 0 Å². The average molecular weight is 447 g/mol. The van der Waals surface area contributed by atoms with Gasteiger partial charge in [-0.3, -0.25) is 14.9 Å². The first-order chi connectivity index (χ1) is 16.0. The lowest BCUT2D eigenvalue weighted by Crippen LogP contribution is -2.35. The Morgan fingerprint density at radius 1 is 1.12 bits per heavy atom. The van der Waals surface area contributed by atoms with Crippen LogP contribution in [0.4, 0.5) is 10.7 Å². The van der Waals surface area contributed by atoms with Crippen molar-refractivity contribution >= 4 is 23.9 Å². The predicted molar refractivity (Wildman–Crippen MR) is 119 cm³/mol. The number of carbonyl (C=O) groups excluding carboxylic acids is 2. The summed E-state index contributed by atoms with van der Waals surface area (Å²) in [6.45, 7) is 3.12. The maximum atomic E-state index is 12.5. The lowest BCUT2D eigenvalue weighted by molar-refractivity contribution is -0.137. The van der Waals surface area contributed by atoms with Crippen LogP contribution in [0.15, 0.2) is 71.8 Å². The molecule has 1 aromatic heterocycles. The number of fused-ring (bicyclic) bond motifs is 3. The van der Waals surface area contributed by atoms with Crippen molar-refractivity contribution in [3.8, 4) is 11.1 Å². The summed E-state index contributed by atoms with van der Waals surface area (Å²) in [6.07, 6.45) is 0.636. The number of anilines is 1. The molecule has 0 bridgehead atoms. The minimum Gasteiger partial charge on any atom is -0.480 e. The summed E-state index contributed by atoms with van der Waals surface area (Å²) in [7, 11) is 0. The second-order valence-electron chi connectivity index (χ2n) is 7.40. The zero-order chi connectivity index (χ0) is 23.4. The molecule has 0 radical (unpaired) electrons. The summed E-state index contributed by atoms with van der Waals surface area (Å²) in [6, 6.07) is 17.2. The Bertz CT molecular complexity index is 1170. The number of carbonyl (C=O) groups is 3. The molecule has 0 fully saturated rings. The van der Waals surface area contributed by atoms with Crippen LogP contribution in [0.1, 0.15) is 27.5 Å². The average Bonchev–Trinajstić information content (AvgIpc) is 3.39. The molecular formula is C24H21N3O6. The minimum absolute atomic E-state index is 0.0210. The normalized spacial score (nSPS) is 11.9. The number of carboxylic acids is 1. The van der Waals surface area contributed by atoms with Crippen LogP contribution in [0.3, 0.4) is 0 Å². The van der Waals surface area contributed by atoms with Crippen molar-refractivity contribution in [3.05, 3.63) is 84.1 Å². The molecule has 9 nitrogen and oxygen atoms in total. The first kappa shape index (κ1) is 21.8. The van der Waals surface area contributed by atoms with Gasteiger partial charge < -0.3 is 19.3 Å². The Hall–Kier alpha value is -4.40. The summed E-state index contributed by atoms with van der Waals surface area (Å²) in [4.78, 5) is 36.8. The third kappa shape index (κ3) is 4.62. The van der Waals surface area contributed by atoms with Gasteiger partial charge in [0.05, 0.1) is 0 Å². The number of benzene rings is 2. The number of aromatic nitrogens is 1. The van der Waals surface area contributed by atoms with Crippen molar-refractivity contribution in [3.63, 3.8) is 0 Å². The van der Waals surface area contributed by atoms with Gasteiger partial charge in [-0.05, 0) is 22.3 Å². The quantitative estimate of drug-likeness (QED) is 0.504.